The van der Waals surface area contributed by atoms with Crippen LogP contribution in [-0.4, -0.2) is 42.3 Å². The molecule has 0 fully saturated rings. The predicted octanol–water partition coefficient (Wildman–Crippen LogP) is 0.370. The van der Waals surface area contributed by atoms with Gasteiger partial charge in [-0.05, 0) is 24.1 Å². The molecule has 0 spiro atoms. The Morgan fingerprint density at radius 3 is 2.57 bits per heavy atom. The maximum absolute atomic E-state index is 12.0. The van der Waals surface area contributed by atoms with Crippen LogP contribution in [0.2, 0.25) is 0 Å². The zero-order chi connectivity index (χ0) is 17.0. The highest BCUT2D eigenvalue weighted by atomic mass is 16.7. The standard InChI is InChI=1S/C15H18N2O6/c1-8(2)13(15(20)21)17-12(18)6-16-14(19)9-3-4-10-11(5-9)23-7-22-10/h3-5,8,13H,6-7H2,1-2H3,(H,16,19)(H,17,18)(H,20,21). The van der Waals surface area contributed by atoms with Crippen LogP contribution >= 0.6 is 0 Å². The number of carboxylic acids is 1. The molecule has 1 aromatic carbocycles. The number of ether oxygens (including phenoxy) is 2. The first-order valence-electron chi connectivity index (χ1n) is 7.08. The minimum Gasteiger partial charge on any atom is -0.480 e. The van der Waals surface area contributed by atoms with Crippen molar-refractivity contribution >= 4 is 17.8 Å². The Hall–Kier alpha value is -2.77. The molecule has 3 N–H and O–H groups in total. The second kappa shape index (κ2) is 6.99. The smallest absolute Gasteiger partial charge is 0.326 e. The van der Waals surface area contributed by atoms with E-state index in [1.807, 2.05) is 0 Å². The summed E-state index contributed by atoms with van der Waals surface area (Å²) in [6.45, 7) is 3.16. The first kappa shape index (κ1) is 16.6. The maximum Gasteiger partial charge on any atom is 0.326 e. The molecule has 0 bridgehead atoms. The Morgan fingerprint density at radius 1 is 1.22 bits per heavy atom. The highest BCUT2D eigenvalue weighted by molar-refractivity contribution is 5.97. The summed E-state index contributed by atoms with van der Waals surface area (Å²) < 4.78 is 10.3. The lowest BCUT2D eigenvalue weighted by Gasteiger charge is -2.18. The lowest BCUT2D eigenvalue weighted by molar-refractivity contribution is -0.142. The van der Waals surface area contributed by atoms with E-state index in [-0.39, 0.29) is 19.3 Å². The van der Waals surface area contributed by atoms with Crippen molar-refractivity contribution in [2.45, 2.75) is 19.9 Å². The lowest BCUT2D eigenvalue weighted by Crippen LogP contribution is -2.48. The van der Waals surface area contributed by atoms with Crippen LogP contribution in [0.4, 0.5) is 0 Å². The van der Waals surface area contributed by atoms with E-state index in [1.165, 1.54) is 6.07 Å². The van der Waals surface area contributed by atoms with Crippen LogP contribution in [0.15, 0.2) is 18.2 Å². The number of amides is 2. The van der Waals surface area contributed by atoms with E-state index in [0.717, 1.165) is 0 Å². The summed E-state index contributed by atoms with van der Waals surface area (Å²) in [6.07, 6.45) is 0. The van der Waals surface area contributed by atoms with Crippen LogP contribution in [0.5, 0.6) is 11.5 Å². The number of carboxylic acid groups (broad SMARTS) is 1. The molecule has 1 aliphatic rings. The third kappa shape index (κ3) is 4.12. The fourth-order valence-corrected chi connectivity index (χ4v) is 2.04. The van der Waals surface area contributed by atoms with E-state index in [0.29, 0.717) is 17.1 Å². The van der Waals surface area contributed by atoms with Crippen LogP contribution in [-0.2, 0) is 9.59 Å². The maximum atomic E-state index is 12.0. The van der Waals surface area contributed by atoms with Crippen molar-refractivity contribution in [3.63, 3.8) is 0 Å². The minimum atomic E-state index is -1.12. The van der Waals surface area contributed by atoms with Gasteiger partial charge in [-0.25, -0.2) is 4.79 Å². The van der Waals surface area contributed by atoms with Gasteiger partial charge in [0.25, 0.3) is 5.91 Å². The van der Waals surface area contributed by atoms with Gasteiger partial charge in [0.1, 0.15) is 6.04 Å². The van der Waals surface area contributed by atoms with Gasteiger partial charge in [-0.3, -0.25) is 9.59 Å². The number of hydrogen-bond donors (Lipinski definition) is 3. The molecule has 1 aliphatic heterocycles. The third-order valence-electron chi connectivity index (χ3n) is 3.29. The van der Waals surface area contributed by atoms with Gasteiger partial charge in [-0.1, -0.05) is 13.8 Å². The molecule has 8 heteroatoms. The zero-order valence-corrected chi connectivity index (χ0v) is 12.8. The number of benzene rings is 1. The highest BCUT2D eigenvalue weighted by Crippen LogP contribution is 2.32. The van der Waals surface area contributed by atoms with Gasteiger partial charge in [0.2, 0.25) is 12.7 Å². The van der Waals surface area contributed by atoms with Crippen molar-refractivity contribution in [1.29, 1.82) is 0 Å². The quantitative estimate of drug-likeness (QED) is 0.697. The molecule has 0 aliphatic carbocycles. The number of hydrogen-bond acceptors (Lipinski definition) is 5. The Labute approximate surface area is 132 Å². The average Bonchev–Trinajstić information content (AvgIpc) is 2.96. The minimum absolute atomic E-state index is 0.106. The normalized spacial score (nSPS) is 13.5. The molecule has 1 unspecified atom stereocenters. The van der Waals surface area contributed by atoms with E-state index in [4.69, 9.17) is 14.6 Å². The number of aliphatic carboxylic acids is 1. The Bertz CT molecular complexity index is 628. The van der Waals surface area contributed by atoms with Crippen LogP contribution in [0.3, 0.4) is 0 Å². The zero-order valence-electron chi connectivity index (χ0n) is 12.8. The number of fused-ring (bicyclic) bond motifs is 1. The third-order valence-corrected chi connectivity index (χ3v) is 3.29. The van der Waals surface area contributed by atoms with Crippen molar-refractivity contribution in [3.05, 3.63) is 23.8 Å². The second-order valence-electron chi connectivity index (χ2n) is 5.38. The molecule has 8 nitrogen and oxygen atoms in total. The molecule has 0 aromatic heterocycles. The van der Waals surface area contributed by atoms with Crippen molar-refractivity contribution in [1.82, 2.24) is 10.6 Å². The largest absolute Gasteiger partial charge is 0.480 e. The van der Waals surface area contributed by atoms with Gasteiger partial charge in [0, 0.05) is 5.56 Å². The molecule has 124 valence electrons. The number of rotatable bonds is 6. The van der Waals surface area contributed by atoms with Gasteiger partial charge < -0.3 is 25.2 Å². The van der Waals surface area contributed by atoms with Crippen LogP contribution in [0.1, 0.15) is 24.2 Å². The average molecular weight is 322 g/mol. The fourth-order valence-electron chi connectivity index (χ4n) is 2.04. The van der Waals surface area contributed by atoms with Crippen LogP contribution < -0.4 is 20.1 Å². The summed E-state index contributed by atoms with van der Waals surface area (Å²) in [7, 11) is 0. The first-order valence-corrected chi connectivity index (χ1v) is 7.08. The summed E-state index contributed by atoms with van der Waals surface area (Å²) in [6, 6.07) is 3.68. The first-order chi connectivity index (χ1) is 10.9. The summed E-state index contributed by atoms with van der Waals surface area (Å²) in [4.78, 5) is 34.8. The van der Waals surface area contributed by atoms with Gasteiger partial charge >= 0.3 is 5.97 Å². The van der Waals surface area contributed by atoms with Crippen molar-refractivity contribution in [3.8, 4) is 11.5 Å². The number of carbonyl (C=O) groups is 3. The van der Waals surface area contributed by atoms with Crippen LogP contribution in [0.25, 0.3) is 0 Å². The van der Waals surface area contributed by atoms with Gasteiger partial charge in [-0.15, -0.1) is 0 Å². The molecule has 0 radical (unpaired) electrons. The highest BCUT2D eigenvalue weighted by Gasteiger charge is 2.23. The summed E-state index contributed by atoms with van der Waals surface area (Å²) in [5.74, 6) is -1.39. The van der Waals surface area contributed by atoms with Crippen molar-refractivity contribution in [2.24, 2.45) is 5.92 Å². The topological polar surface area (TPSA) is 114 Å². The predicted molar refractivity (Wildman–Crippen MR) is 79.3 cm³/mol. The number of carbonyl (C=O) groups excluding carboxylic acids is 2. The lowest BCUT2D eigenvalue weighted by atomic mass is 10.1. The van der Waals surface area contributed by atoms with Crippen molar-refractivity contribution < 1.29 is 29.0 Å². The molecule has 1 heterocycles. The van der Waals surface area contributed by atoms with Crippen molar-refractivity contribution in [2.75, 3.05) is 13.3 Å². The summed E-state index contributed by atoms with van der Waals surface area (Å²) in [5.41, 5.74) is 0.320. The molecule has 2 amide bonds. The van der Waals surface area contributed by atoms with E-state index in [9.17, 15) is 14.4 Å². The van der Waals surface area contributed by atoms with E-state index >= 15 is 0 Å². The number of nitrogens with one attached hydrogen (secondary N) is 2. The molecule has 1 atom stereocenters. The summed E-state index contributed by atoms with van der Waals surface area (Å²) in [5, 5.41) is 13.8. The fraction of sp³-hybridized carbons (Fsp3) is 0.400. The monoisotopic (exact) mass is 322 g/mol. The molecular weight excluding hydrogens is 304 g/mol. The molecule has 0 saturated heterocycles. The second-order valence-corrected chi connectivity index (χ2v) is 5.38. The summed E-state index contributed by atoms with van der Waals surface area (Å²) >= 11 is 0. The van der Waals surface area contributed by atoms with E-state index in [1.54, 1.807) is 26.0 Å². The van der Waals surface area contributed by atoms with Crippen LogP contribution in [0, 0.1) is 5.92 Å². The Morgan fingerprint density at radius 2 is 1.91 bits per heavy atom. The van der Waals surface area contributed by atoms with Gasteiger partial charge in [-0.2, -0.15) is 0 Å². The van der Waals surface area contributed by atoms with E-state index < -0.39 is 23.8 Å². The van der Waals surface area contributed by atoms with Gasteiger partial charge in [0.15, 0.2) is 11.5 Å². The Balaban J connectivity index is 1.89. The van der Waals surface area contributed by atoms with E-state index in [2.05, 4.69) is 10.6 Å². The molecule has 1 aromatic rings. The van der Waals surface area contributed by atoms with Gasteiger partial charge in [0.05, 0.1) is 6.54 Å². The molecular formula is C15H18N2O6. The Kier molecular flexibility index (Phi) is 5.05. The molecule has 2 rings (SSSR count). The SMILES string of the molecule is CC(C)C(NC(=O)CNC(=O)c1ccc2c(c1)OCO2)C(=O)O. The molecule has 0 saturated carbocycles. The molecule has 23 heavy (non-hydrogen) atoms.